The molecule has 1 aliphatic heterocycles. The molecule has 2 aromatic rings. The molecule has 1 amide bonds. The number of aryl methyl sites for hydroxylation is 1. The van der Waals surface area contributed by atoms with Crippen LogP contribution in [0.3, 0.4) is 0 Å². The van der Waals surface area contributed by atoms with Gasteiger partial charge in [0.15, 0.2) is 0 Å². The fraction of sp³-hybridized carbons (Fsp3) is 0.238. The molecule has 27 heavy (non-hydrogen) atoms. The van der Waals surface area contributed by atoms with Gasteiger partial charge >= 0.3 is 0 Å². The molecule has 140 valence electrons. The van der Waals surface area contributed by atoms with Crippen LogP contribution in [0.4, 0.5) is 0 Å². The molecular formula is C21H22N2O4. The zero-order chi connectivity index (χ0) is 19.2. The minimum absolute atomic E-state index is 0.227. The van der Waals surface area contributed by atoms with E-state index >= 15 is 0 Å². The molecule has 0 unspecified atom stereocenters. The Morgan fingerprint density at radius 3 is 2.48 bits per heavy atom. The third kappa shape index (κ3) is 4.28. The van der Waals surface area contributed by atoms with E-state index in [4.69, 9.17) is 14.2 Å². The second-order valence-corrected chi connectivity index (χ2v) is 5.96. The molecule has 6 heteroatoms. The highest BCUT2D eigenvalue weighted by atomic mass is 16.5. The van der Waals surface area contributed by atoms with Crippen molar-refractivity contribution in [3.63, 3.8) is 0 Å². The van der Waals surface area contributed by atoms with Crippen molar-refractivity contribution in [3.8, 4) is 17.2 Å². The molecule has 0 atom stereocenters. The van der Waals surface area contributed by atoms with Gasteiger partial charge in [0.25, 0.3) is 5.91 Å². The molecule has 1 heterocycles. The van der Waals surface area contributed by atoms with E-state index < -0.39 is 0 Å². The molecule has 0 aliphatic carbocycles. The maximum Gasteiger partial charge on any atom is 0.275 e. The Labute approximate surface area is 158 Å². The molecule has 0 saturated heterocycles. The average Bonchev–Trinajstić information content (AvgIpc) is 3.05. The minimum Gasteiger partial charge on any atom is -0.497 e. The summed E-state index contributed by atoms with van der Waals surface area (Å²) in [6, 6.07) is 13.2. The number of hydrogen-bond acceptors (Lipinski definition) is 5. The van der Waals surface area contributed by atoms with Gasteiger partial charge in [0.2, 0.25) is 0 Å². The maximum atomic E-state index is 12.3. The molecule has 2 aromatic carbocycles. The smallest absolute Gasteiger partial charge is 0.275 e. The van der Waals surface area contributed by atoms with Crippen molar-refractivity contribution in [2.45, 2.75) is 12.8 Å². The second-order valence-electron chi connectivity index (χ2n) is 5.96. The molecular weight excluding hydrogens is 344 g/mol. The summed E-state index contributed by atoms with van der Waals surface area (Å²) in [4.78, 5) is 16.7. The summed E-state index contributed by atoms with van der Waals surface area (Å²) in [5.41, 5.74) is 2.15. The molecule has 1 N–H and O–H groups in total. The van der Waals surface area contributed by atoms with Crippen LogP contribution in [0.5, 0.6) is 17.2 Å². The second kappa shape index (κ2) is 8.40. The summed E-state index contributed by atoms with van der Waals surface area (Å²) in [5, 5.41) is 2.83. The molecule has 6 nitrogen and oxygen atoms in total. The van der Waals surface area contributed by atoms with Gasteiger partial charge in [-0.05, 0) is 42.3 Å². The Morgan fingerprint density at radius 1 is 0.963 bits per heavy atom. The van der Waals surface area contributed by atoms with E-state index in [-0.39, 0.29) is 5.91 Å². The van der Waals surface area contributed by atoms with E-state index in [9.17, 15) is 4.79 Å². The first kappa shape index (κ1) is 18.5. The fourth-order valence-corrected chi connectivity index (χ4v) is 2.90. The largest absolute Gasteiger partial charge is 0.497 e. The van der Waals surface area contributed by atoms with Crippen molar-refractivity contribution in [2.24, 2.45) is 4.99 Å². The molecule has 0 saturated carbocycles. The summed E-state index contributed by atoms with van der Waals surface area (Å²) in [6.07, 6.45) is 3.03. The number of aliphatic imine (C=N–C) groups is 1. The monoisotopic (exact) mass is 366 g/mol. The van der Waals surface area contributed by atoms with Crippen molar-refractivity contribution >= 4 is 17.8 Å². The average molecular weight is 366 g/mol. The van der Waals surface area contributed by atoms with Gasteiger partial charge in [-0.3, -0.25) is 4.79 Å². The van der Waals surface area contributed by atoms with E-state index in [0.717, 1.165) is 23.3 Å². The van der Waals surface area contributed by atoms with Crippen LogP contribution in [0, 0.1) is 0 Å². The lowest BCUT2D eigenvalue weighted by atomic mass is 10.1. The van der Waals surface area contributed by atoms with Gasteiger partial charge in [0.05, 0.1) is 21.3 Å². The highest BCUT2D eigenvalue weighted by Gasteiger charge is 2.20. The lowest BCUT2D eigenvalue weighted by Gasteiger charge is -2.07. The van der Waals surface area contributed by atoms with Crippen molar-refractivity contribution < 1.29 is 19.0 Å². The Morgan fingerprint density at radius 2 is 1.74 bits per heavy atom. The van der Waals surface area contributed by atoms with Gasteiger partial charge in [0, 0.05) is 12.0 Å². The number of amidine groups is 1. The van der Waals surface area contributed by atoms with Crippen molar-refractivity contribution in [1.82, 2.24) is 5.32 Å². The predicted octanol–water partition coefficient (Wildman–Crippen LogP) is 3.21. The van der Waals surface area contributed by atoms with Crippen LogP contribution >= 0.6 is 0 Å². The first-order valence-electron chi connectivity index (χ1n) is 8.59. The van der Waals surface area contributed by atoms with Crippen LogP contribution in [-0.4, -0.2) is 33.1 Å². The van der Waals surface area contributed by atoms with E-state index in [0.29, 0.717) is 29.5 Å². The Bertz CT molecular complexity index is 903. The van der Waals surface area contributed by atoms with Gasteiger partial charge in [-0.1, -0.05) is 18.2 Å². The lowest BCUT2D eigenvalue weighted by molar-refractivity contribution is -0.115. The predicted molar refractivity (Wildman–Crippen MR) is 104 cm³/mol. The molecule has 0 fully saturated rings. The number of nitrogens with zero attached hydrogens (tertiary/aromatic N) is 1. The van der Waals surface area contributed by atoms with Crippen molar-refractivity contribution in [2.75, 3.05) is 21.3 Å². The fourth-order valence-electron chi connectivity index (χ4n) is 2.90. The number of hydrogen-bond donors (Lipinski definition) is 1. The third-order valence-electron chi connectivity index (χ3n) is 4.30. The van der Waals surface area contributed by atoms with Gasteiger partial charge in [0.1, 0.15) is 28.8 Å². The first-order valence-corrected chi connectivity index (χ1v) is 8.59. The van der Waals surface area contributed by atoms with Crippen LogP contribution in [0.15, 0.2) is 53.2 Å². The number of carbonyl (C=O) groups is 1. The number of para-hydroxylation sites is 1. The Hall–Kier alpha value is -3.28. The molecule has 0 radical (unpaired) electrons. The van der Waals surface area contributed by atoms with Crippen LogP contribution in [-0.2, 0) is 11.2 Å². The van der Waals surface area contributed by atoms with Gasteiger partial charge in [-0.15, -0.1) is 0 Å². The van der Waals surface area contributed by atoms with Crippen LogP contribution in [0.1, 0.15) is 17.5 Å². The summed E-state index contributed by atoms with van der Waals surface area (Å²) in [7, 11) is 4.83. The molecule has 0 spiro atoms. The highest BCUT2D eigenvalue weighted by molar-refractivity contribution is 6.14. The topological polar surface area (TPSA) is 69.2 Å². The number of amides is 1. The van der Waals surface area contributed by atoms with E-state index in [1.165, 1.54) is 0 Å². The zero-order valence-electron chi connectivity index (χ0n) is 15.6. The third-order valence-corrected chi connectivity index (χ3v) is 4.30. The number of rotatable bonds is 7. The van der Waals surface area contributed by atoms with Crippen molar-refractivity contribution in [1.29, 1.82) is 0 Å². The van der Waals surface area contributed by atoms with Crippen LogP contribution in [0.2, 0.25) is 0 Å². The summed E-state index contributed by atoms with van der Waals surface area (Å²) >= 11 is 0. The van der Waals surface area contributed by atoms with E-state index in [1.807, 2.05) is 30.3 Å². The Kier molecular flexibility index (Phi) is 5.76. The highest BCUT2D eigenvalue weighted by Crippen LogP contribution is 2.27. The normalized spacial score (nSPS) is 14.7. The van der Waals surface area contributed by atoms with E-state index in [2.05, 4.69) is 10.3 Å². The number of methoxy groups -OCH3 is 3. The number of ether oxygens (including phenoxy) is 3. The summed E-state index contributed by atoms with van der Waals surface area (Å²) in [5.74, 6) is 2.57. The molecule has 1 aliphatic rings. The first-order chi connectivity index (χ1) is 13.1. The summed E-state index contributed by atoms with van der Waals surface area (Å²) < 4.78 is 16.0. The van der Waals surface area contributed by atoms with Crippen LogP contribution < -0.4 is 19.5 Å². The number of carbonyl (C=O) groups excluding carboxylic acids is 1. The Balaban J connectivity index is 1.79. The molecule has 0 aromatic heterocycles. The quantitative estimate of drug-likeness (QED) is 0.764. The van der Waals surface area contributed by atoms with E-state index in [1.54, 1.807) is 39.5 Å². The van der Waals surface area contributed by atoms with Crippen molar-refractivity contribution in [3.05, 3.63) is 59.3 Å². The van der Waals surface area contributed by atoms with Crippen LogP contribution in [0.25, 0.3) is 6.08 Å². The van der Waals surface area contributed by atoms with Gasteiger partial charge < -0.3 is 19.5 Å². The molecule has 0 bridgehead atoms. The van der Waals surface area contributed by atoms with Gasteiger partial charge in [-0.25, -0.2) is 4.99 Å². The SMILES string of the molecule is COc1ccc(OC)c(/C=C2\N=C(CCc3ccccc3OC)NC2=O)c1. The zero-order valence-corrected chi connectivity index (χ0v) is 15.6. The minimum atomic E-state index is -0.227. The summed E-state index contributed by atoms with van der Waals surface area (Å²) in [6.45, 7) is 0. The lowest BCUT2D eigenvalue weighted by Crippen LogP contribution is -2.24. The number of benzene rings is 2. The molecule has 3 rings (SSSR count). The standard InChI is InChI=1S/C21H22N2O4/c1-25-16-9-10-19(27-3)15(12-16)13-17-21(24)23-20(22-17)11-8-14-6-4-5-7-18(14)26-2/h4-7,9-10,12-13H,8,11H2,1-3H3,(H,22,23,24)/b17-13-. The maximum absolute atomic E-state index is 12.3. The number of nitrogens with one attached hydrogen (secondary N) is 1. The van der Waals surface area contributed by atoms with Gasteiger partial charge in [-0.2, -0.15) is 0 Å².